The zero-order valence-corrected chi connectivity index (χ0v) is 16.5. The van der Waals surface area contributed by atoms with Crippen LogP contribution in [0.15, 0.2) is 53.9 Å². The molecule has 1 fully saturated rings. The lowest BCUT2D eigenvalue weighted by atomic mass is 10.1. The summed E-state index contributed by atoms with van der Waals surface area (Å²) in [6.45, 7) is 4.08. The van der Waals surface area contributed by atoms with Crippen molar-refractivity contribution < 1.29 is 9.18 Å². The van der Waals surface area contributed by atoms with E-state index in [1.165, 1.54) is 29.5 Å². The summed E-state index contributed by atoms with van der Waals surface area (Å²) in [4.78, 5) is 12.9. The van der Waals surface area contributed by atoms with Crippen molar-refractivity contribution in [3.63, 3.8) is 0 Å². The molecule has 4 rings (SSSR count). The number of hydrogen-bond acceptors (Lipinski definition) is 4. The number of carbonyl (C=O) groups is 1. The maximum absolute atomic E-state index is 13.4. The second-order valence-electron chi connectivity index (χ2n) is 7.11. The van der Waals surface area contributed by atoms with E-state index in [0.717, 1.165) is 29.7 Å². The van der Waals surface area contributed by atoms with Gasteiger partial charge in [-0.1, -0.05) is 41.6 Å². The second-order valence-corrected chi connectivity index (χ2v) is 8.18. The molecule has 1 heterocycles. The predicted octanol–water partition coefficient (Wildman–Crippen LogP) is 4.14. The number of hydrogen-bond donors (Lipinski definition) is 1. The zero-order chi connectivity index (χ0) is 19.7. The Morgan fingerprint density at radius 3 is 2.64 bits per heavy atom. The molecule has 0 aliphatic heterocycles. The topological polar surface area (TPSA) is 59.8 Å². The Hall–Kier alpha value is -2.67. The Morgan fingerprint density at radius 2 is 1.96 bits per heavy atom. The minimum Gasteiger partial charge on any atom is -0.352 e. The minimum atomic E-state index is -0.532. The highest BCUT2D eigenvalue weighted by atomic mass is 32.2. The van der Waals surface area contributed by atoms with Gasteiger partial charge in [0.2, 0.25) is 5.91 Å². The fourth-order valence-electron chi connectivity index (χ4n) is 3.07. The molecule has 1 atom stereocenters. The molecule has 1 unspecified atom stereocenters. The fraction of sp³-hybridized carbons (Fsp3) is 0.286. The van der Waals surface area contributed by atoms with Crippen molar-refractivity contribution in [2.75, 3.05) is 0 Å². The third-order valence-corrected chi connectivity index (χ3v) is 5.90. The Labute approximate surface area is 167 Å². The summed E-state index contributed by atoms with van der Waals surface area (Å²) in [6.07, 6.45) is 3.66. The molecule has 1 amide bonds. The highest BCUT2D eigenvalue weighted by Crippen LogP contribution is 2.36. The van der Waals surface area contributed by atoms with Gasteiger partial charge in [-0.05, 0) is 56.0 Å². The van der Waals surface area contributed by atoms with Crippen LogP contribution in [-0.4, -0.2) is 26.7 Å². The summed E-state index contributed by atoms with van der Waals surface area (Å²) in [5, 5.41) is 11.4. The van der Waals surface area contributed by atoms with Crippen LogP contribution >= 0.6 is 11.8 Å². The van der Waals surface area contributed by atoms with Gasteiger partial charge < -0.3 is 5.32 Å². The van der Waals surface area contributed by atoms with Crippen LogP contribution in [0.5, 0.6) is 0 Å². The zero-order valence-electron chi connectivity index (χ0n) is 15.7. The van der Waals surface area contributed by atoms with Gasteiger partial charge in [0, 0.05) is 6.04 Å². The number of aryl methyl sites for hydroxylation is 2. The number of nitrogens with zero attached hydrogens (tertiary/aromatic N) is 3. The molecule has 1 aliphatic rings. The van der Waals surface area contributed by atoms with Crippen LogP contribution in [0.3, 0.4) is 0 Å². The highest BCUT2D eigenvalue weighted by Gasteiger charge is 2.30. The molecule has 5 nitrogen and oxygen atoms in total. The van der Waals surface area contributed by atoms with Crippen molar-refractivity contribution in [2.45, 2.75) is 43.1 Å². The number of benzene rings is 2. The number of aromatic nitrogens is 3. The summed E-state index contributed by atoms with van der Waals surface area (Å²) in [6, 6.07) is 12.5. The van der Waals surface area contributed by atoms with Crippen LogP contribution < -0.4 is 5.32 Å². The van der Waals surface area contributed by atoms with Crippen LogP contribution in [-0.2, 0) is 4.79 Å². The van der Waals surface area contributed by atoms with Crippen molar-refractivity contribution in [2.24, 2.45) is 0 Å². The van der Waals surface area contributed by atoms with Gasteiger partial charge in [-0.3, -0.25) is 9.36 Å². The summed E-state index contributed by atoms with van der Waals surface area (Å²) in [5.41, 5.74) is 3.98. The third-order valence-electron chi connectivity index (χ3n) is 4.69. The van der Waals surface area contributed by atoms with Crippen LogP contribution in [0.1, 0.15) is 34.8 Å². The summed E-state index contributed by atoms with van der Waals surface area (Å²) < 4.78 is 15.3. The lowest BCUT2D eigenvalue weighted by molar-refractivity contribution is -0.120. The van der Waals surface area contributed by atoms with Crippen LogP contribution in [0, 0.1) is 19.7 Å². The molecule has 0 bridgehead atoms. The van der Waals surface area contributed by atoms with E-state index in [1.54, 1.807) is 18.5 Å². The van der Waals surface area contributed by atoms with Crippen molar-refractivity contribution in [3.8, 4) is 5.69 Å². The maximum Gasteiger partial charge on any atom is 0.238 e. The fourth-order valence-corrected chi connectivity index (χ4v) is 4.10. The summed E-state index contributed by atoms with van der Waals surface area (Å²) >= 11 is 1.32. The Kier molecular flexibility index (Phi) is 5.17. The first-order valence-corrected chi connectivity index (χ1v) is 10.1. The lowest BCUT2D eigenvalue weighted by Crippen LogP contribution is -2.30. The SMILES string of the molecule is Cc1ccc(-n2cnnc2SC(C(=O)NC2CC2)c2ccc(F)cc2)c(C)c1. The van der Waals surface area contributed by atoms with Crippen LogP contribution in [0.25, 0.3) is 5.69 Å². The summed E-state index contributed by atoms with van der Waals surface area (Å²) in [5.74, 6) is -0.414. The number of thioether (sulfide) groups is 1. The molecule has 2 aromatic carbocycles. The highest BCUT2D eigenvalue weighted by molar-refractivity contribution is 8.00. The molecule has 28 heavy (non-hydrogen) atoms. The summed E-state index contributed by atoms with van der Waals surface area (Å²) in [7, 11) is 0. The minimum absolute atomic E-state index is 0.0886. The van der Waals surface area contributed by atoms with E-state index in [1.807, 2.05) is 30.5 Å². The number of nitrogens with one attached hydrogen (secondary N) is 1. The number of carbonyl (C=O) groups excluding carboxylic acids is 1. The average Bonchev–Trinajstić information content (AvgIpc) is 3.36. The molecule has 0 saturated heterocycles. The van der Waals surface area contributed by atoms with Gasteiger partial charge in [0.15, 0.2) is 5.16 Å². The predicted molar refractivity (Wildman–Crippen MR) is 107 cm³/mol. The van der Waals surface area contributed by atoms with Gasteiger partial charge in [-0.15, -0.1) is 10.2 Å². The average molecular weight is 396 g/mol. The van der Waals surface area contributed by atoms with E-state index in [2.05, 4.69) is 21.6 Å². The molecule has 7 heteroatoms. The molecule has 3 aromatic rings. The van der Waals surface area contributed by atoms with Crippen molar-refractivity contribution in [1.29, 1.82) is 0 Å². The molecule has 1 aliphatic carbocycles. The largest absolute Gasteiger partial charge is 0.352 e. The maximum atomic E-state index is 13.4. The lowest BCUT2D eigenvalue weighted by Gasteiger charge is -2.17. The van der Waals surface area contributed by atoms with E-state index in [9.17, 15) is 9.18 Å². The van der Waals surface area contributed by atoms with Gasteiger partial charge in [0.1, 0.15) is 17.4 Å². The normalized spacial score (nSPS) is 14.7. The molecule has 1 N–H and O–H groups in total. The molecule has 0 radical (unpaired) electrons. The van der Waals surface area contributed by atoms with Crippen molar-refractivity contribution in [3.05, 3.63) is 71.3 Å². The molecular weight excluding hydrogens is 375 g/mol. The monoisotopic (exact) mass is 396 g/mol. The standard InChI is InChI=1S/C21H21FN4OS/c1-13-3-10-18(14(2)11-13)26-12-23-25-21(26)28-19(20(27)24-17-8-9-17)15-4-6-16(22)7-5-15/h3-7,10-12,17,19H,8-9H2,1-2H3,(H,24,27). The Balaban J connectivity index is 1.66. The first kappa shape index (κ1) is 18.7. The third kappa shape index (κ3) is 4.09. The number of rotatable bonds is 6. The van der Waals surface area contributed by atoms with E-state index in [-0.39, 0.29) is 17.8 Å². The van der Waals surface area contributed by atoms with Gasteiger partial charge in [0.25, 0.3) is 0 Å². The first-order valence-electron chi connectivity index (χ1n) is 9.21. The number of halogens is 1. The molecule has 144 valence electrons. The van der Waals surface area contributed by atoms with E-state index in [4.69, 9.17) is 0 Å². The van der Waals surface area contributed by atoms with Gasteiger partial charge in [-0.25, -0.2) is 4.39 Å². The van der Waals surface area contributed by atoms with E-state index >= 15 is 0 Å². The smallest absolute Gasteiger partial charge is 0.238 e. The van der Waals surface area contributed by atoms with Crippen molar-refractivity contribution >= 4 is 17.7 Å². The van der Waals surface area contributed by atoms with Crippen LogP contribution in [0.4, 0.5) is 4.39 Å². The molecule has 1 saturated carbocycles. The van der Waals surface area contributed by atoms with Crippen LogP contribution in [0.2, 0.25) is 0 Å². The molecule has 0 spiro atoms. The number of amides is 1. The van der Waals surface area contributed by atoms with E-state index in [0.29, 0.717) is 5.16 Å². The van der Waals surface area contributed by atoms with Gasteiger partial charge in [-0.2, -0.15) is 0 Å². The molecule has 1 aromatic heterocycles. The Bertz CT molecular complexity index is 998. The quantitative estimate of drug-likeness (QED) is 0.637. The first-order chi connectivity index (χ1) is 13.5. The Morgan fingerprint density at radius 1 is 1.21 bits per heavy atom. The molecular formula is C21H21FN4OS. The second kappa shape index (κ2) is 7.75. The van der Waals surface area contributed by atoms with Gasteiger partial charge >= 0.3 is 0 Å². The van der Waals surface area contributed by atoms with Crippen molar-refractivity contribution in [1.82, 2.24) is 20.1 Å². The van der Waals surface area contributed by atoms with Gasteiger partial charge in [0.05, 0.1) is 5.69 Å². The van der Waals surface area contributed by atoms with E-state index < -0.39 is 5.25 Å².